The molecule has 0 atom stereocenters. The van der Waals surface area contributed by atoms with Gasteiger partial charge in [-0.05, 0) is 53.3 Å². The normalized spacial score (nSPS) is 10.4. The molecule has 4 aromatic rings. The molecule has 0 aliphatic heterocycles. The van der Waals surface area contributed by atoms with Crippen molar-refractivity contribution in [2.24, 2.45) is 0 Å². The Kier molecular flexibility index (Phi) is 9.78. The van der Waals surface area contributed by atoms with E-state index in [1.165, 1.54) is 41.5 Å². The molecule has 0 spiro atoms. The number of hydrogen-bond acceptors (Lipinski definition) is 3. The molecule has 0 radical (unpaired) electrons. The van der Waals surface area contributed by atoms with E-state index in [-0.39, 0.29) is 0 Å². The second-order valence-electron chi connectivity index (χ2n) is 8.30. The third-order valence-electron chi connectivity index (χ3n) is 5.56. The summed E-state index contributed by atoms with van der Waals surface area (Å²) in [6, 6.07) is 23.5. The first-order chi connectivity index (χ1) is 16.2. The molecule has 170 valence electrons. The van der Waals surface area contributed by atoms with Crippen LogP contribution in [0.5, 0.6) is 0 Å². The van der Waals surface area contributed by atoms with Crippen molar-refractivity contribution in [2.45, 2.75) is 59.3 Å². The van der Waals surface area contributed by atoms with Gasteiger partial charge in [-0.25, -0.2) is 9.97 Å². The highest BCUT2D eigenvalue weighted by Crippen LogP contribution is 2.17. The average Bonchev–Trinajstić information content (AvgIpc) is 2.86. The Morgan fingerprint density at radius 1 is 0.667 bits per heavy atom. The van der Waals surface area contributed by atoms with Gasteiger partial charge < -0.3 is 0 Å². The van der Waals surface area contributed by atoms with Crippen molar-refractivity contribution in [1.29, 1.82) is 0 Å². The van der Waals surface area contributed by atoms with Crippen molar-refractivity contribution in [2.75, 3.05) is 0 Å². The fraction of sp³-hybridized carbons (Fsp3) is 0.300. The number of hydrogen-bond donors (Lipinski definition) is 0. The van der Waals surface area contributed by atoms with E-state index in [1.54, 1.807) is 6.20 Å². The minimum Gasteiger partial charge on any atom is -0.264 e. The van der Waals surface area contributed by atoms with Gasteiger partial charge in [-0.2, -0.15) is 0 Å². The van der Waals surface area contributed by atoms with Crippen LogP contribution in [0.15, 0.2) is 85.3 Å². The summed E-state index contributed by atoms with van der Waals surface area (Å²) in [5.41, 5.74) is 7.17. The maximum atomic E-state index is 4.72. The van der Waals surface area contributed by atoms with Gasteiger partial charge in [0.2, 0.25) is 0 Å². The lowest BCUT2D eigenvalue weighted by Gasteiger charge is -2.07. The fourth-order valence-corrected chi connectivity index (χ4v) is 3.67. The molecular weight excluding hydrogens is 402 g/mol. The van der Waals surface area contributed by atoms with Crippen molar-refractivity contribution in [3.05, 3.63) is 113 Å². The van der Waals surface area contributed by atoms with Gasteiger partial charge >= 0.3 is 0 Å². The standard InChI is InChI=1S/C25H23N3.C5H12/c1-2-19-8-10-20(11-9-19)15-21-5-3-6-22(16-21)17-25-27-14-12-24(28-25)23-7-4-13-26-18-23;1-3-5-4-2/h3-14,16,18H,2,15,17H2,1H3;3-5H2,1-2H3. The van der Waals surface area contributed by atoms with E-state index in [1.807, 2.05) is 30.6 Å². The van der Waals surface area contributed by atoms with Crippen LogP contribution in [0.3, 0.4) is 0 Å². The molecule has 0 bridgehead atoms. The second kappa shape index (κ2) is 13.3. The predicted molar refractivity (Wildman–Crippen MR) is 138 cm³/mol. The summed E-state index contributed by atoms with van der Waals surface area (Å²) in [5, 5.41) is 0. The zero-order chi connectivity index (χ0) is 23.3. The topological polar surface area (TPSA) is 38.7 Å². The summed E-state index contributed by atoms with van der Waals surface area (Å²) in [7, 11) is 0. The minimum absolute atomic E-state index is 0.719. The number of unbranched alkanes of at least 4 members (excludes halogenated alkanes) is 2. The van der Waals surface area contributed by atoms with Gasteiger partial charge in [0.25, 0.3) is 0 Å². The van der Waals surface area contributed by atoms with Crippen LogP contribution in [0.25, 0.3) is 11.3 Å². The van der Waals surface area contributed by atoms with E-state index in [0.717, 1.165) is 36.3 Å². The maximum Gasteiger partial charge on any atom is 0.133 e. The monoisotopic (exact) mass is 437 g/mol. The third-order valence-corrected chi connectivity index (χ3v) is 5.56. The summed E-state index contributed by atoms with van der Waals surface area (Å²) in [6.45, 7) is 6.61. The van der Waals surface area contributed by atoms with Crippen molar-refractivity contribution in [3.63, 3.8) is 0 Å². The molecule has 33 heavy (non-hydrogen) atoms. The SMILES string of the molecule is CCCCC.CCc1ccc(Cc2cccc(Cc3nccc(-c4cccnc4)n3)c2)cc1. The summed E-state index contributed by atoms with van der Waals surface area (Å²) in [4.78, 5) is 13.4. The first-order valence-electron chi connectivity index (χ1n) is 12.1. The molecule has 2 aromatic carbocycles. The molecule has 2 aromatic heterocycles. The lowest BCUT2D eigenvalue weighted by atomic mass is 10.0. The second-order valence-corrected chi connectivity index (χ2v) is 8.30. The zero-order valence-corrected chi connectivity index (χ0v) is 20.2. The molecule has 2 heterocycles. The van der Waals surface area contributed by atoms with Crippen molar-refractivity contribution >= 4 is 0 Å². The number of aryl methyl sites for hydroxylation is 1. The van der Waals surface area contributed by atoms with Gasteiger partial charge in [-0.1, -0.05) is 88.6 Å². The van der Waals surface area contributed by atoms with E-state index in [9.17, 15) is 0 Å². The average molecular weight is 438 g/mol. The molecular formula is C30H35N3. The number of nitrogens with zero attached hydrogens (tertiary/aromatic N) is 3. The van der Waals surface area contributed by atoms with Gasteiger partial charge in [0.1, 0.15) is 5.82 Å². The van der Waals surface area contributed by atoms with Crippen molar-refractivity contribution in [1.82, 2.24) is 15.0 Å². The van der Waals surface area contributed by atoms with Crippen LogP contribution in [0.4, 0.5) is 0 Å². The molecule has 0 fully saturated rings. The lowest BCUT2D eigenvalue weighted by Crippen LogP contribution is -1.99. The van der Waals surface area contributed by atoms with E-state index in [0.29, 0.717) is 0 Å². The molecule has 0 aliphatic rings. The summed E-state index contributed by atoms with van der Waals surface area (Å²) >= 11 is 0. The van der Waals surface area contributed by atoms with Gasteiger partial charge in [0, 0.05) is 30.6 Å². The Labute approximate surface area is 199 Å². The van der Waals surface area contributed by atoms with Crippen LogP contribution in [-0.4, -0.2) is 15.0 Å². The Morgan fingerprint density at radius 3 is 2.03 bits per heavy atom. The molecule has 0 unspecified atom stereocenters. The fourth-order valence-electron chi connectivity index (χ4n) is 3.67. The Balaban J connectivity index is 0.000000555. The Bertz CT molecular complexity index is 1090. The number of pyridine rings is 1. The zero-order valence-electron chi connectivity index (χ0n) is 20.2. The van der Waals surface area contributed by atoms with E-state index in [4.69, 9.17) is 4.98 Å². The molecule has 3 nitrogen and oxygen atoms in total. The molecule has 0 saturated carbocycles. The van der Waals surface area contributed by atoms with E-state index in [2.05, 4.69) is 79.3 Å². The van der Waals surface area contributed by atoms with Crippen molar-refractivity contribution < 1.29 is 0 Å². The molecule has 3 heteroatoms. The number of benzene rings is 2. The summed E-state index contributed by atoms with van der Waals surface area (Å²) < 4.78 is 0. The van der Waals surface area contributed by atoms with Crippen molar-refractivity contribution in [3.8, 4) is 11.3 Å². The maximum absolute atomic E-state index is 4.72. The molecule has 0 saturated heterocycles. The van der Waals surface area contributed by atoms with Crippen LogP contribution < -0.4 is 0 Å². The molecule has 0 N–H and O–H groups in total. The highest BCUT2D eigenvalue weighted by atomic mass is 14.9. The number of aromatic nitrogens is 3. The summed E-state index contributed by atoms with van der Waals surface area (Å²) in [6.07, 6.45) is 12.2. The van der Waals surface area contributed by atoms with Crippen LogP contribution >= 0.6 is 0 Å². The van der Waals surface area contributed by atoms with E-state index < -0.39 is 0 Å². The van der Waals surface area contributed by atoms with Gasteiger partial charge in [0.05, 0.1) is 5.69 Å². The first kappa shape index (κ1) is 24.3. The first-order valence-corrected chi connectivity index (χ1v) is 12.1. The minimum atomic E-state index is 0.719. The van der Waals surface area contributed by atoms with Crippen LogP contribution in [0, 0.1) is 0 Å². The molecule has 4 rings (SSSR count). The number of rotatable bonds is 8. The summed E-state index contributed by atoms with van der Waals surface area (Å²) in [5.74, 6) is 0.825. The van der Waals surface area contributed by atoms with Gasteiger partial charge in [0.15, 0.2) is 0 Å². The highest BCUT2D eigenvalue weighted by molar-refractivity contribution is 5.56. The lowest BCUT2D eigenvalue weighted by molar-refractivity contribution is 0.772. The largest absolute Gasteiger partial charge is 0.264 e. The third kappa shape index (κ3) is 7.94. The van der Waals surface area contributed by atoms with Crippen LogP contribution in [0.2, 0.25) is 0 Å². The quantitative estimate of drug-likeness (QED) is 0.287. The van der Waals surface area contributed by atoms with E-state index >= 15 is 0 Å². The highest BCUT2D eigenvalue weighted by Gasteiger charge is 2.05. The Hall–Kier alpha value is -3.33. The van der Waals surface area contributed by atoms with Crippen LogP contribution in [0.1, 0.15) is 68.1 Å². The molecule has 0 aliphatic carbocycles. The van der Waals surface area contributed by atoms with Gasteiger partial charge in [-0.15, -0.1) is 0 Å². The molecule has 0 amide bonds. The predicted octanol–water partition coefficient (Wildman–Crippen LogP) is 7.48. The Morgan fingerprint density at radius 2 is 1.39 bits per heavy atom. The van der Waals surface area contributed by atoms with Crippen LogP contribution in [-0.2, 0) is 19.3 Å². The smallest absolute Gasteiger partial charge is 0.133 e. The van der Waals surface area contributed by atoms with Gasteiger partial charge in [-0.3, -0.25) is 4.98 Å².